The van der Waals surface area contributed by atoms with Crippen LogP contribution in [0.1, 0.15) is 21.5 Å². The SMILES string of the molecule is COc1ccc(C#Cc2cc(F)ccc2C=O)cc1OC. The van der Waals surface area contributed by atoms with Crippen molar-refractivity contribution in [3.05, 3.63) is 58.9 Å². The molecule has 0 unspecified atom stereocenters. The average molecular weight is 284 g/mol. The highest BCUT2D eigenvalue weighted by atomic mass is 19.1. The fourth-order valence-electron chi connectivity index (χ4n) is 1.79. The van der Waals surface area contributed by atoms with E-state index >= 15 is 0 Å². The molecular weight excluding hydrogens is 271 g/mol. The molecule has 0 amide bonds. The van der Waals surface area contributed by atoms with Gasteiger partial charge in [-0.3, -0.25) is 4.79 Å². The second-order valence-corrected chi connectivity index (χ2v) is 4.17. The Bertz CT molecular complexity index is 727. The first-order valence-electron chi connectivity index (χ1n) is 6.16. The predicted octanol–water partition coefficient (Wildman–Crippen LogP) is 3.06. The van der Waals surface area contributed by atoms with Gasteiger partial charge >= 0.3 is 0 Å². The number of carbonyl (C=O) groups excluding carboxylic acids is 1. The van der Waals surface area contributed by atoms with Crippen molar-refractivity contribution in [3.63, 3.8) is 0 Å². The van der Waals surface area contributed by atoms with E-state index < -0.39 is 5.82 Å². The minimum absolute atomic E-state index is 0.347. The second-order valence-electron chi connectivity index (χ2n) is 4.17. The van der Waals surface area contributed by atoms with Crippen LogP contribution in [0.15, 0.2) is 36.4 Å². The number of halogens is 1. The molecule has 0 fully saturated rings. The van der Waals surface area contributed by atoms with Crippen LogP contribution in [0.3, 0.4) is 0 Å². The Labute approximate surface area is 122 Å². The lowest BCUT2D eigenvalue weighted by Crippen LogP contribution is -1.91. The molecule has 2 aromatic rings. The molecule has 0 spiro atoms. The van der Waals surface area contributed by atoms with E-state index in [4.69, 9.17) is 9.47 Å². The Morgan fingerprint density at radius 3 is 2.43 bits per heavy atom. The van der Waals surface area contributed by atoms with E-state index in [1.807, 2.05) is 0 Å². The maximum atomic E-state index is 13.2. The van der Waals surface area contributed by atoms with E-state index in [1.165, 1.54) is 25.3 Å². The first-order valence-corrected chi connectivity index (χ1v) is 6.16. The van der Waals surface area contributed by atoms with Crippen molar-refractivity contribution in [1.29, 1.82) is 0 Å². The standard InChI is InChI=1S/C17H13FO3/c1-20-16-8-4-12(9-17(16)21-2)3-5-13-10-15(18)7-6-14(13)11-19/h4,6-11H,1-2H3. The molecule has 21 heavy (non-hydrogen) atoms. The van der Waals surface area contributed by atoms with E-state index in [-0.39, 0.29) is 0 Å². The number of hydrogen-bond donors (Lipinski definition) is 0. The average Bonchev–Trinajstić information content (AvgIpc) is 2.52. The number of hydrogen-bond acceptors (Lipinski definition) is 3. The zero-order chi connectivity index (χ0) is 15.2. The minimum Gasteiger partial charge on any atom is -0.493 e. The normalized spacial score (nSPS) is 9.48. The summed E-state index contributed by atoms with van der Waals surface area (Å²) in [4.78, 5) is 10.9. The molecule has 4 heteroatoms. The second kappa shape index (κ2) is 6.58. The van der Waals surface area contributed by atoms with Crippen molar-refractivity contribution >= 4 is 6.29 Å². The van der Waals surface area contributed by atoms with Gasteiger partial charge in [-0.05, 0) is 36.4 Å². The summed E-state index contributed by atoms with van der Waals surface area (Å²) >= 11 is 0. The van der Waals surface area contributed by atoms with E-state index in [0.717, 1.165) is 0 Å². The summed E-state index contributed by atoms with van der Waals surface area (Å²) in [6, 6.07) is 9.07. The van der Waals surface area contributed by atoms with Crippen LogP contribution in [-0.4, -0.2) is 20.5 Å². The number of benzene rings is 2. The smallest absolute Gasteiger partial charge is 0.161 e. The Morgan fingerprint density at radius 2 is 1.76 bits per heavy atom. The zero-order valence-electron chi connectivity index (χ0n) is 11.6. The predicted molar refractivity (Wildman–Crippen MR) is 77.3 cm³/mol. The lowest BCUT2D eigenvalue weighted by atomic mass is 10.1. The molecule has 2 rings (SSSR count). The Morgan fingerprint density at radius 1 is 1.00 bits per heavy atom. The van der Waals surface area contributed by atoms with Gasteiger partial charge in [0, 0.05) is 16.7 Å². The summed E-state index contributed by atoms with van der Waals surface area (Å²) in [6.45, 7) is 0. The van der Waals surface area contributed by atoms with Crippen LogP contribution in [0.4, 0.5) is 4.39 Å². The molecule has 0 aromatic heterocycles. The van der Waals surface area contributed by atoms with Crippen molar-refractivity contribution < 1.29 is 18.7 Å². The van der Waals surface area contributed by atoms with E-state index in [2.05, 4.69) is 11.8 Å². The molecule has 0 heterocycles. The monoisotopic (exact) mass is 284 g/mol. The van der Waals surface area contributed by atoms with Crippen molar-refractivity contribution in [2.24, 2.45) is 0 Å². The summed E-state index contributed by atoms with van der Waals surface area (Å²) in [7, 11) is 3.08. The molecule has 3 nitrogen and oxygen atoms in total. The van der Waals surface area contributed by atoms with Gasteiger partial charge in [-0.15, -0.1) is 0 Å². The Hall–Kier alpha value is -2.80. The van der Waals surface area contributed by atoms with E-state index in [1.54, 1.807) is 25.3 Å². The van der Waals surface area contributed by atoms with Crippen LogP contribution in [0.5, 0.6) is 11.5 Å². The van der Waals surface area contributed by atoms with Crippen LogP contribution >= 0.6 is 0 Å². The number of ether oxygens (including phenoxy) is 2. The van der Waals surface area contributed by atoms with Crippen molar-refractivity contribution in [1.82, 2.24) is 0 Å². The molecule has 0 aliphatic rings. The third-order valence-corrected chi connectivity index (χ3v) is 2.87. The zero-order valence-corrected chi connectivity index (χ0v) is 11.6. The van der Waals surface area contributed by atoms with Crippen molar-refractivity contribution in [2.45, 2.75) is 0 Å². The molecule has 0 radical (unpaired) electrons. The number of rotatable bonds is 3. The summed E-state index contributed by atoms with van der Waals surface area (Å²) < 4.78 is 23.5. The third-order valence-electron chi connectivity index (χ3n) is 2.87. The number of methoxy groups -OCH3 is 2. The van der Waals surface area contributed by atoms with E-state index in [9.17, 15) is 9.18 Å². The molecule has 0 bridgehead atoms. The summed E-state index contributed by atoms with van der Waals surface area (Å²) in [5, 5.41) is 0. The molecule has 0 saturated heterocycles. The van der Waals surface area contributed by atoms with Crippen molar-refractivity contribution in [2.75, 3.05) is 14.2 Å². The maximum Gasteiger partial charge on any atom is 0.161 e. The third kappa shape index (κ3) is 3.40. The van der Waals surface area contributed by atoms with Crippen LogP contribution in [0.2, 0.25) is 0 Å². The summed E-state index contributed by atoms with van der Waals surface area (Å²) in [5.41, 5.74) is 1.37. The fourth-order valence-corrected chi connectivity index (χ4v) is 1.79. The highest BCUT2D eigenvalue weighted by molar-refractivity contribution is 5.79. The lowest BCUT2D eigenvalue weighted by molar-refractivity contribution is 0.112. The van der Waals surface area contributed by atoms with Gasteiger partial charge in [0.15, 0.2) is 17.8 Å². The quantitative estimate of drug-likeness (QED) is 0.642. The highest BCUT2D eigenvalue weighted by Gasteiger charge is 2.03. The molecule has 0 saturated carbocycles. The topological polar surface area (TPSA) is 35.5 Å². The molecule has 106 valence electrons. The van der Waals surface area contributed by atoms with Gasteiger partial charge in [0.1, 0.15) is 5.82 Å². The molecular formula is C17H13FO3. The van der Waals surface area contributed by atoms with Gasteiger partial charge in [-0.2, -0.15) is 0 Å². The van der Waals surface area contributed by atoms with Crippen LogP contribution in [0.25, 0.3) is 0 Å². The Balaban J connectivity index is 2.39. The molecule has 2 aromatic carbocycles. The van der Waals surface area contributed by atoms with Crippen molar-refractivity contribution in [3.8, 4) is 23.3 Å². The van der Waals surface area contributed by atoms with Crippen LogP contribution in [-0.2, 0) is 0 Å². The first-order chi connectivity index (χ1) is 10.2. The minimum atomic E-state index is -0.433. The lowest BCUT2D eigenvalue weighted by Gasteiger charge is -2.06. The highest BCUT2D eigenvalue weighted by Crippen LogP contribution is 2.27. The van der Waals surface area contributed by atoms with Crippen LogP contribution < -0.4 is 9.47 Å². The summed E-state index contributed by atoms with van der Waals surface area (Å²) in [6.07, 6.45) is 0.651. The van der Waals surface area contributed by atoms with Gasteiger partial charge in [0.2, 0.25) is 0 Å². The Kier molecular flexibility index (Phi) is 4.57. The first kappa shape index (κ1) is 14.6. The van der Waals surface area contributed by atoms with Gasteiger partial charge < -0.3 is 9.47 Å². The van der Waals surface area contributed by atoms with E-state index in [0.29, 0.717) is 34.5 Å². The molecule has 0 aliphatic carbocycles. The molecule has 0 atom stereocenters. The van der Waals surface area contributed by atoms with Gasteiger partial charge in [-0.1, -0.05) is 11.8 Å². The van der Waals surface area contributed by atoms with Gasteiger partial charge in [0.05, 0.1) is 14.2 Å². The molecule has 0 N–H and O–H groups in total. The number of carbonyl (C=O) groups is 1. The fraction of sp³-hybridized carbons (Fsp3) is 0.118. The largest absolute Gasteiger partial charge is 0.493 e. The number of aldehydes is 1. The summed E-state index contributed by atoms with van der Waals surface area (Å²) in [5.74, 6) is 6.39. The van der Waals surface area contributed by atoms with Crippen LogP contribution in [0, 0.1) is 17.7 Å². The maximum absolute atomic E-state index is 13.2. The van der Waals surface area contributed by atoms with Gasteiger partial charge in [0.25, 0.3) is 0 Å². The molecule has 0 aliphatic heterocycles. The van der Waals surface area contributed by atoms with Gasteiger partial charge in [-0.25, -0.2) is 4.39 Å².